The van der Waals surface area contributed by atoms with Gasteiger partial charge >= 0.3 is 5.97 Å². The van der Waals surface area contributed by atoms with Gasteiger partial charge in [0.2, 0.25) is 0 Å². The Hall–Kier alpha value is -1.86. The molecule has 0 atom stereocenters. The standard InChI is InChI=1S/C23H28BrNO4S/c1-3-5-6-7-13-29-18-12-11-15(14-17(18)24)21(26)25-22-20(23(27)28-4-2)16-9-8-10-19(16)30-22/h11-12,14H,3-10,13H2,1-2H3,(H,25,26). The molecule has 1 aromatic carbocycles. The lowest BCUT2D eigenvalue weighted by Gasteiger charge is -2.11. The number of halogens is 1. The zero-order valence-electron chi connectivity index (χ0n) is 17.5. The van der Waals surface area contributed by atoms with Crippen LogP contribution in [0.5, 0.6) is 5.75 Å². The van der Waals surface area contributed by atoms with Crippen LogP contribution in [0.15, 0.2) is 22.7 Å². The lowest BCUT2D eigenvalue weighted by molar-refractivity contribution is 0.0527. The molecule has 0 saturated carbocycles. The average molecular weight is 494 g/mol. The number of rotatable bonds is 10. The van der Waals surface area contributed by atoms with Gasteiger partial charge in [-0.3, -0.25) is 4.79 Å². The van der Waals surface area contributed by atoms with Crippen LogP contribution in [0.2, 0.25) is 0 Å². The van der Waals surface area contributed by atoms with Crippen LogP contribution in [0.3, 0.4) is 0 Å². The van der Waals surface area contributed by atoms with Crippen molar-refractivity contribution in [2.45, 2.75) is 58.8 Å². The second-order valence-electron chi connectivity index (χ2n) is 7.29. The monoisotopic (exact) mass is 493 g/mol. The summed E-state index contributed by atoms with van der Waals surface area (Å²) >= 11 is 4.98. The molecule has 1 heterocycles. The van der Waals surface area contributed by atoms with E-state index >= 15 is 0 Å². The Morgan fingerprint density at radius 1 is 1.17 bits per heavy atom. The number of unbranched alkanes of at least 4 members (excludes halogenated alkanes) is 3. The highest BCUT2D eigenvalue weighted by molar-refractivity contribution is 9.10. The second kappa shape index (κ2) is 11.0. The van der Waals surface area contributed by atoms with Gasteiger partial charge in [-0.1, -0.05) is 26.2 Å². The van der Waals surface area contributed by atoms with Crippen molar-refractivity contribution < 1.29 is 19.1 Å². The van der Waals surface area contributed by atoms with Gasteiger partial charge in [-0.15, -0.1) is 11.3 Å². The first kappa shape index (κ1) is 22.8. The quantitative estimate of drug-likeness (QED) is 0.307. The molecule has 0 aliphatic heterocycles. The van der Waals surface area contributed by atoms with E-state index in [9.17, 15) is 9.59 Å². The summed E-state index contributed by atoms with van der Waals surface area (Å²) in [5.74, 6) is 0.112. The lowest BCUT2D eigenvalue weighted by atomic mass is 10.1. The van der Waals surface area contributed by atoms with Gasteiger partial charge in [-0.2, -0.15) is 0 Å². The first-order valence-corrected chi connectivity index (χ1v) is 12.2. The number of hydrogen-bond acceptors (Lipinski definition) is 5. The Morgan fingerprint density at radius 3 is 2.73 bits per heavy atom. The minimum atomic E-state index is -0.361. The number of amides is 1. The predicted molar refractivity (Wildman–Crippen MR) is 124 cm³/mol. The molecule has 7 heteroatoms. The van der Waals surface area contributed by atoms with Crippen molar-refractivity contribution in [2.75, 3.05) is 18.5 Å². The third-order valence-corrected chi connectivity index (χ3v) is 6.90. The van der Waals surface area contributed by atoms with Crippen molar-refractivity contribution in [1.82, 2.24) is 0 Å². The number of carbonyl (C=O) groups is 2. The molecule has 1 aliphatic carbocycles. The molecule has 0 saturated heterocycles. The fourth-order valence-electron chi connectivity index (χ4n) is 3.56. The molecule has 1 N–H and O–H groups in total. The molecule has 0 fully saturated rings. The van der Waals surface area contributed by atoms with Crippen LogP contribution in [0.4, 0.5) is 5.00 Å². The molecule has 0 spiro atoms. The molecule has 3 rings (SSSR count). The third kappa shape index (κ3) is 5.43. The Kier molecular flexibility index (Phi) is 8.33. The lowest BCUT2D eigenvalue weighted by Crippen LogP contribution is -2.15. The molecule has 1 aromatic heterocycles. The van der Waals surface area contributed by atoms with Gasteiger partial charge in [0.1, 0.15) is 10.8 Å². The Balaban J connectivity index is 1.69. The molecule has 1 aliphatic rings. The SMILES string of the molecule is CCCCCCOc1ccc(C(=O)Nc2sc3c(c2C(=O)OCC)CCC3)cc1Br. The largest absolute Gasteiger partial charge is 0.492 e. The van der Waals surface area contributed by atoms with E-state index < -0.39 is 0 Å². The fraction of sp³-hybridized carbons (Fsp3) is 0.478. The maximum absolute atomic E-state index is 12.9. The van der Waals surface area contributed by atoms with Crippen LogP contribution in [0, 0.1) is 0 Å². The van der Waals surface area contributed by atoms with Crippen LogP contribution in [0.1, 0.15) is 77.1 Å². The van der Waals surface area contributed by atoms with E-state index in [0.717, 1.165) is 47.9 Å². The summed E-state index contributed by atoms with van der Waals surface area (Å²) in [6, 6.07) is 5.30. The zero-order valence-corrected chi connectivity index (χ0v) is 19.9. The summed E-state index contributed by atoms with van der Waals surface area (Å²) in [4.78, 5) is 26.5. The van der Waals surface area contributed by atoms with Gasteiger partial charge in [0.25, 0.3) is 5.91 Å². The van der Waals surface area contributed by atoms with E-state index in [1.165, 1.54) is 29.1 Å². The zero-order chi connectivity index (χ0) is 21.5. The number of ether oxygens (including phenoxy) is 2. The third-order valence-electron chi connectivity index (χ3n) is 5.08. The summed E-state index contributed by atoms with van der Waals surface area (Å²) in [6.45, 7) is 4.94. The molecule has 2 aromatic rings. The minimum Gasteiger partial charge on any atom is -0.492 e. The molecule has 0 bridgehead atoms. The molecule has 1 amide bonds. The maximum Gasteiger partial charge on any atom is 0.341 e. The minimum absolute atomic E-state index is 0.254. The van der Waals surface area contributed by atoms with E-state index in [1.807, 2.05) is 0 Å². The van der Waals surface area contributed by atoms with Gasteiger partial charge in [0.15, 0.2) is 0 Å². The van der Waals surface area contributed by atoms with E-state index in [0.29, 0.717) is 29.3 Å². The maximum atomic E-state index is 12.9. The number of nitrogens with one attached hydrogen (secondary N) is 1. The summed E-state index contributed by atoms with van der Waals surface area (Å²) in [5, 5.41) is 3.50. The Labute approximate surface area is 190 Å². The van der Waals surface area contributed by atoms with E-state index in [-0.39, 0.29) is 11.9 Å². The van der Waals surface area contributed by atoms with Crippen molar-refractivity contribution in [3.63, 3.8) is 0 Å². The molecule has 162 valence electrons. The van der Waals surface area contributed by atoms with Crippen molar-refractivity contribution in [1.29, 1.82) is 0 Å². The van der Waals surface area contributed by atoms with E-state index in [1.54, 1.807) is 25.1 Å². The van der Waals surface area contributed by atoms with Crippen LogP contribution >= 0.6 is 27.3 Å². The first-order valence-electron chi connectivity index (χ1n) is 10.6. The number of esters is 1. The first-order chi connectivity index (χ1) is 14.5. The average Bonchev–Trinajstić information content (AvgIpc) is 3.29. The fourth-order valence-corrected chi connectivity index (χ4v) is 5.32. The Bertz CT molecular complexity index is 909. The number of anilines is 1. The highest BCUT2D eigenvalue weighted by Gasteiger charge is 2.28. The number of benzene rings is 1. The molecule has 30 heavy (non-hydrogen) atoms. The topological polar surface area (TPSA) is 64.6 Å². The smallest absolute Gasteiger partial charge is 0.341 e. The van der Waals surface area contributed by atoms with Crippen molar-refractivity contribution in [3.05, 3.63) is 44.2 Å². The molecule has 0 unspecified atom stereocenters. The van der Waals surface area contributed by atoms with Crippen molar-refractivity contribution >= 4 is 44.1 Å². The van der Waals surface area contributed by atoms with E-state index in [4.69, 9.17) is 9.47 Å². The molecule has 0 radical (unpaired) electrons. The second-order valence-corrected chi connectivity index (χ2v) is 9.25. The van der Waals surface area contributed by atoms with Crippen LogP contribution in [-0.4, -0.2) is 25.1 Å². The predicted octanol–water partition coefficient (Wildman–Crippen LogP) is 6.39. The van der Waals surface area contributed by atoms with Crippen molar-refractivity contribution in [2.24, 2.45) is 0 Å². The summed E-state index contributed by atoms with van der Waals surface area (Å²) in [5.41, 5.74) is 2.05. The number of carbonyl (C=O) groups excluding carboxylic acids is 2. The highest BCUT2D eigenvalue weighted by atomic mass is 79.9. The molecule has 5 nitrogen and oxygen atoms in total. The number of fused-ring (bicyclic) bond motifs is 1. The van der Waals surface area contributed by atoms with Gasteiger partial charge in [-0.25, -0.2) is 4.79 Å². The normalized spacial score (nSPS) is 12.5. The van der Waals surface area contributed by atoms with Crippen molar-refractivity contribution in [3.8, 4) is 5.75 Å². The highest BCUT2D eigenvalue weighted by Crippen LogP contribution is 2.40. The summed E-state index contributed by atoms with van der Waals surface area (Å²) in [6.07, 6.45) is 7.41. The molecular formula is C23H28BrNO4S. The number of hydrogen-bond donors (Lipinski definition) is 1. The van der Waals surface area contributed by atoms with Crippen LogP contribution in [0.25, 0.3) is 0 Å². The summed E-state index contributed by atoms with van der Waals surface area (Å²) in [7, 11) is 0. The van der Waals surface area contributed by atoms with Crippen LogP contribution < -0.4 is 10.1 Å². The number of aryl methyl sites for hydroxylation is 1. The Morgan fingerprint density at radius 2 is 2.00 bits per heavy atom. The van der Waals surface area contributed by atoms with Crippen LogP contribution in [-0.2, 0) is 17.6 Å². The summed E-state index contributed by atoms with van der Waals surface area (Å²) < 4.78 is 11.8. The van der Waals surface area contributed by atoms with E-state index in [2.05, 4.69) is 28.2 Å². The number of thiophene rings is 1. The van der Waals surface area contributed by atoms with Gasteiger partial charge in [0, 0.05) is 10.4 Å². The van der Waals surface area contributed by atoms with Gasteiger partial charge in [-0.05, 0) is 72.3 Å². The van der Waals surface area contributed by atoms with Gasteiger partial charge < -0.3 is 14.8 Å². The molecular weight excluding hydrogens is 466 g/mol. The van der Waals surface area contributed by atoms with Gasteiger partial charge in [0.05, 0.1) is 23.2 Å².